The molecule has 6 heteroatoms. The minimum atomic E-state index is -0.476. The zero-order valence-corrected chi connectivity index (χ0v) is 21.6. The second-order valence-corrected chi connectivity index (χ2v) is 10.6. The van der Waals surface area contributed by atoms with Crippen molar-refractivity contribution in [1.82, 2.24) is 4.90 Å². The van der Waals surface area contributed by atoms with Crippen molar-refractivity contribution in [3.63, 3.8) is 0 Å². The quantitative estimate of drug-likeness (QED) is 0.334. The lowest BCUT2D eigenvalue weighted by atomic mass is 9.76. The summed E-state index contributed by atoms with van der Waals surface area (Å²) in [6.07, 6.45) is 3.56. The van der Waals surface area contributed by atoms with E-state index in [1.807, 2.05) is 36.1 Å². The summed E-state index contributed by atoms with van der Waals surface area (Å²) in [6, 6.07) is 20.7. The molecule has 2 saturated heterocycles. The van der Waals surface area contributed by atoms with Crippen LogP contribution in [0.2, 0.25) is 0 Å². The maximum atomic E-state index is 14.2. The van der Waals surface area contributed by atoms with Gasteiger partial charge in [0.15, 0.2) is 5.78 Å². The lowest BCUT2D eigenvalue weighted by molar-refractivity contribution is 0.00650. The van der Waals surface area contributed by atoms with Crippen molar-refractivity contribution in [2.75, 3.05) is 13.2 Å². The minimum absolute atomic E-state index is 0.0119. The van der Waals surface area contributed by atoms with Gasteiger partial charge in [-0.25, -0.2) is 9.18 Å². The Balaban J connectivity index is 1.16. The first-order valence-electron chi connectivity index (χ1n) is 13.6. The number of ketones is 1. The molecule has 1 aliphatic carbocycles. The normalized spacial score (nSPS) is 21.9. The fraction of sp³-hybridized carbons (Fsp3) is 0.375. The van der Waals surface area contributed by atoms with Crippen molar-refractivity contribution < 1.29 is 23.5 Å². The molecule has 0 N–H and O–H groups in total. The SMILES string of the molecule is CCOc1cc(F)cc(C(=O)C2CC3CCCC(C2)N3C(=O)OCC2c3ccccc3-c3ccccc32)c1. The van der Waals surface area contributed by atoms with Crippen LogP contribution < -0.4 is 4.74 Å². The van der Waals surface area contributed by atoms with Gasteiger partial charge >= 0.3 is 6.09 Å². The minimum Gasteiger partial charge on any atom is -0.494 e. The summed E-state index contributed by atoms with van der Waals surface area (Å²) < 4.78 is 25.6. The predicted octanol–water partition coefficient (Wildman–Crippen LogP) is 6.99. The van der Waals surface area contributed by atoms with E-state index in [0.29, 0.717) is 30.8 Å². The van der Waals surface area contributed by atoms with Crippen LogP contribution in [0, 0.1) is 11.7 Å². The van der Waals surface area contributed by atoms with Crippen LogP contribution in [0.25, 0.3) is 11.1 Å². The topological polar surface area (TPSA) is 55.8 Å². The van der Waals surface area contributed by atoms with E-state index in [1.54, 1.807) is 6.07 Å². The third kappa shape index (κ3) is 4.46. The van der Waals surface area contributed by atoms with Crippen LogP contribution in [0.5, 0.6) is 5.75 Å². The number of piperidine rings is 2. The molecule has 2 aliphatic heterocycles. The van der Waals surface area contributed by atoms with E-state index in [9.17, 15) is 14.0 Å². The number of fused-ring (bicyclic) bond motifs is 5. The standard InChI is InChI=1S/C32H32FNO4/c1-2-37-25-17-20(14-22(33)18-25)31(35)21-15-23-8-7-9-24(16-21)34(23)32(36)38-19-30-28-12-5-3-10-26(28)27-11-4-6-13-29(27)30/h3-6,10-14,17-18,21,23-24,30H,2,7-9,15-16,19H2,1H3. The number of hydrogen-bond acceptors (Lipinski definition) is 4. The summed E-state index contributed by atoms with van der Waals surface area (Å²) in [4.78, 5) is 28.7. The largest absolute Gasteiger partial charge is 0.494 e. The van der Waals surface area contributed by atoms with Crippen molar-refractivity contribution in [2.45, 2.75) is 57.0 Å². The third-order valence-electron chi connectivity index (χ3n) is 8.36. The molecule has 5 nitrogen and oxygen atoms in total. The molecule has 3 aliphatic rings. The van der Waals surface area contributed by atoms with Gasteiger partial charge in [0.05, 0.1) is 6.61 Å². The van der Waals surface area contributed by atoms with Gasteiger partial charge in [-0.15, -0.1) is 0 Å². The zero-order chi connectivity index (χ0) is 26.2. The molecule has 2 bridgehead atoms. The molecule has 1 amide bonds. The van der Waals surface area contributed by atoms with Gasteiger partial charge < -0.3 is 14.4 Å². The van der Waals surface area contributed by atoms with Crippen molar-refractivity contribution in [1.29, 1.82) is 0 Å². The number of Topliss-reactive ketones (excluding diaryl/α,β-unsaturated/α-hetero) is 1. The molecular formula is C32H32FNO4. The lowest BCUT2D eigenvalue weighted by Crippen LogP contribution is -2.55. The molecule has 3 aromatic carbocycles. The van der Waals surface area contributed by atoms with Gasteiger partial charge in [0, 0.05) is 35.5 Å². The summed E-state index contributed by atoms with van der Waals surface area (Å²) in [7, 11) is 0. The Hall–Kier alpha value is -3.67. The summed E-state index contributed by atoms with van der Waals surface area (Å²) in [5.74, 6) is -0.422. The fourth-order valence-corrected chi connectivity index (χ4v) is 6.75. The average molecular weight is 514 g/mol. The number of hydrogen-bond donors (Lipinski definition) is 0. The second kappa shape index (κ2) is 10.2. The Bertz CT molecular complexity index is 1310. The van der Waals surface area contributed by atoms with Crippen LogP contribution in [0.1, 0.15) is 66.4 Å². The van der Waals surface area contributed by atoms with Crippen LogP contribution in [0.4, 0.5) is 9.18 Å². The molecule has 2 atom stereocenters. The molecule has 0 radical (unpaired) electrons. The summed E-state index contributed by atoms with van der Waals surface area (Å²) in [5, 5.41) is 0. The van der Waals surface area contributed by atoms with Crippen LogP contribution in [0.3, 0.4) is 0 Å². The fourth-order valence-electron chi connectivity index (χ4n) is 6.75. The van der Waals surface area contributed by atoms with E-state index in [-0.39, 0.29) is 42.4 Å². The van der Waals surface area contributed by atoms with Crippen LogP contribution >= 0.6 is 0 Å². The van der Waals surface area contributed by atoms with Gasteiger partial charge in [0.25, 0.3) is 0 Å². The number of amides is 1. The van der Waals surface area contributed by atoms with Gasteiger partial charge in [-0.05, 0) is 73.4 Å². The number of ether oxygens (including phenoxy) is 2. The molecule has 6 rings (SSSR count). The maximum Gasteiger partial charge on any atom is 0.410 e. The third-order valence-corrected chi connectivity index (χ3v) is 8.36. The first-order valence-corrected chi connectivity index (χ1v) is 13.6. The van der Waals surface area contributed by atoms with E-state index in [0.717, 1.165) is 19.3 Å². The van der Waals surface area contributed by atoms with E-state index < -0.39 is 5.82 Å². The Kier molecular flexibility index (Phi) is 6.64. The van der Waals surface area contributed by atoms with E-state index in [2.05, 4.69) is 24.3 Å². The van der Waals surface area contributed by atoms with Gasteiger partial charge in [0.2, 0.25) is 0 Å². The second-order valence-electron chi connectivity index (χ2n) is 10.6. The lowest BCUT2D eigenvalue weighted by Gasteiger charge is -2.47. The maximum absolute atomic E-state index is 14.2. The molecule has 0 saturated carbocycles. The highest BCUT2D eigenvalue weighted by atomic mass is 19.1. The van der Waals surface area contributed by atoms with Gasteiger partial charge in [-0.3, -0.25) is 4.79 Å². The Labute approximate surface area is 222 Å². The number of halogens is 1. The molecule has 196 valence electrons. The monoisotopic (exact) mass is 513 g/mol. The Morgan fingerprint density at radius 1 is 0.921 bits per heavy atom. The first kappa shape index (κ1) is 24.7. The van der Waals surface area contributed by atoms with Crippen molar-refractivity contribution >= 4 is 11.9 Å². The Morgan fingerprint density at radius 3 is 2.18 bits per heavy atom. The highest BCUT2D eigenvalue weighted by Crippen LogP contribution is 2.45. The molecule has 3 aromatic rings. The number of benzene rings is 3. The first-order chi connectivity index (χ1) is 18.5. The zero-order valence-electron chi connectivity index (χ0n) is 21.6. The molecular weight excluding hydrogens is 481 g/mol. The highest BCUT2D eigenvalue weighted by Gasteiger charge is 2.44. The van der Waals surface area contributed by atoms with Gasteiger partial charge in [-0.2, -0.15) is 0 Å². The van der Waals surface area contributed by atoms with Crippen molar-refractivity contribution in [3.8, 4) is 16.9 Å². The van der Waals surface area contributed by atoms with Gasteiger partial charge in [-0.1, -0.05) is 48.5 Å². The summed E-state index contributed by atoms with van der Waals surface area (Å²) in [6.45, 7) is 2.51. The van der Waals surface area contributed by atoms with E-state index in [1.165, 1.54) is 34.4 Å². The van der Waals surface area contributed by atoms with Gasteiger partial charge in [0.1, 0.15) is 18.2 Å². The molecule has 2 heterocycles. The van der Waals surface area contributed by atoms with Crippen LogP contribution in [-0.2, 0) is 4.74 Å². The number of carbonyl (C=O) groups excluding carboxylic acids is 2. The Morgan fingerprint density at radius 2 is 1.55 bits per heavy atom. The molecule has 38 heavy (non-hydrogen) atoms. The van der Waals surface area contributed by atoms with Crippen LogP contribution in [0.15, 0.2) is 66.7 Å². The highest BCUT2D eigenvalue weighted by molar-refractivity contribution is 5.98. The smallest absolute Gasteiger partial charge is 0.410 e. The predicted molar refractivity (Wildman–Crippen MR) is 143 cm³/mol. The summed E-state index contributed by atoms with van der Waals surface area (Å²) >= 11 is 0. The van der Waals surface area contributed by atoms with Crippen molar-refractivity contribution in [2.24, 2.45) is 5.92 Å². The van der Waals surface area contributed by atoms with Crippen LogP contribution in [-0.4, -0.2) is 42.1 Å². The molecule has 0 spiro atoms. The number of nitrogens with zero attached hydrogens (tertiary/aromatic N) is 1. The summed E-state index contributed by atoms with van der Waals surface area (Å²) in [5.41, 5.74) is 5.11. The van der Waals surface area contributed by atoms with E-state index >= 15 is 0 Å². The average Bonchev–Trinajstić information content (AvgIpc) is 3.24. The molecule has 2 unspecified atom stereocenters. The molecule has 2 fully saturated rings. The molecule has 0 aromatic heterocycles. The number of carbonyl (C=O) groups is 2. The number of rotatable bonds is 6. The van der Waals surface area contributed by atoms with Crippen molar-refractivity contribution in [3.05, 3.63) is 89.2 Å². The van der Waals surface area contributed by atoms with E-state index in [4.69, 9.17) is 9.47 Å².